The van der Waals surface area contributed by atoms with Gasteiger partial charge in [0.1, 0.15) is 11.6 Å². The molecule has 1 fully saturated rings. The summed E-state index contributed by atoms with van der Waals surface area (Å²) in [6.07, 6.45) is 2.18. The highest BCUT2D eigenvalue weighted by Crippen LogP contribution is 2.41. The molecule has 0 spiro atoms. The van der Waals surface area contributed by atoms with Crippen LogP contribution in [0.1, 0.15) is 18.9 Å². The fourth-order valence-electron chi connectivity index (χ4n) is 2.14. The van der Waals surface area contributed by atoms with E-state index >= 15 is 0 Å². The van der Waals surface area contributed by atoms with Crippen molar-refractivity contribution in [2.75, 3.05) is 5.73 Å². The van der Waals surface area contributed by atoms with Gasteiger partial charge in [-0.05, 0) is 31.0 Å². The molecule has 0 bridgehead atoms. The summed E-state index contributed by atoms with van der Waals surface area (Å²) in [7, 11) is 0. The second-order valence-electron chi connectivity index (χ2n) is 4.27. The van der Waals surface area contributed by atoms with E-state index in [-0.39, 0.29) is 5.75 Å². The normalized spacial score (nSPS) is 15.7. The van der Waals surface area contributed by atoms with E-state index in [1.54, 1.807) is 12.1 Å². The number of fused-ring (bicyclic) bond motifs is 1. The Morgan fingerprint density at radius 1 is 1.29 bits per heavy atom. The maximum absolute atomic E-state index is 12.1. The highest BCUT2D eigenvalue weighted by Gasteiger charge is 2.26. The Hall–Kier alpha value is -1.78. The van der Waals surface area contributed by atoms with Gasteiger partial charge < -0.3 is 15.0 Å². The van der Waals surface area contributed by atoms with E-state index in [0.29, 0.717) is 11.9 Å². The van der Waals surface area contributed by atoms with E-state index in [9.17, 15) is 8.78 Å². The highest BCUT2D eigenvalue weighted by molar-refractivity contribution is 5.86. The van der Waals surface area contributed by atoms with E-state index in [1.165, 1.54) is 6.07 Å². The summed E-state index contributed by atoms with van der Waals surface area (Å²) in [6.45, 7) is -2.80. The highest BCUT2D eigenvalue weighted by atomic mass is 19.3. The van der Waals surface area contributed by atoms with Gasteiger partial charge in [-0.25, -0.2) is 0 Å². The molecule has 1 aliphatic rings. The van der Waals surface area contributed by atoms with Gasteiger partial charge in [-0.15, -0.1) is 0 Å². The summed E-state index contributed by atoms with van der Waals surface area (Å²) in [5.41, 5.74) is 6.78. The van der Waals surface area contributed by atoms with Crippen LogP contribution in [-0.2, 0) is 0 Å². The molecule has 0 radical (unpaired) electrons. The molecular weight excluding hydrogens is 226 g/mol. The molecule has 1 aromatic carbocycles. The molecule has 1 saturated carbocycles. The first kappa shape index (κ1) is 10.4. The standard InChI is InChI=1S/C12H12F2N2O/c13-12(14)17-9-4-1-7-5-11(15)16(8-2-3-8)10(7)6-9/h1,4-6,8,12H,2-3,15H2. The topological polar surface area (TPSA) is 40.2 Å². The molecule has 2 aromatic rings. The molecule has 17 heavy (non-hydrogen) atoms. The Kier molecular flexibility index (Phi) is 2.21. The lowest BCUT2D eigenvalue weighted by Crippen LogP contribution is -2.02. The Morgan fingerprint density at radius 2 is 2.06 bits per heavy atom. The van der Waals surface area contributed by atoms with Crippen molar-refractivity contribution in [2.45, 2.75) is 25.5 Å². The van der Waals surface area contributed by atoms with Crippen molar-refractivity contribution < 1.29 is 13.5 Å². The van der Waals surface area contributed by atoms with Crippen molar-refractivity contribution in [1.82, 2.24) is 4.57 Å². The lowest BCUT2D eigenvalue weighted by Gasteiger charge is -2.07. The third-order valence-corrected chi connectivity index (χ3v) is 2.98. The van der Waals surface area contributed by atoms with Crippen molar-refractivity contribution in [3.8, 4) is 5.75 Å². The number of hydrogen-bond acceptors (Lipinski definition) is 2. The van der Waals surface area contributed by atoms with Crippen LogP contribution in [0.4, 0.5) is 14.6 Å². The number of benzene rings is 1. The fraction of sp³-hybridized carbons (Fsp3) is 0.333. The number of aromatic nitrogens is 1. The summed E-state index contributed by atoms with van der Waals surface area (Å²) >= 11 is 0. The van der Waals surface area contributed by atoms with Gasteiger partial charge in [0.15, 0.2) is 0 Å². The second kappa shape index (κ2) is 3.61. The summed E-state index contributed by atoms with van der Waals surface area (Å²) in [6, 6.07) is 7.18. The smallest absolute Gasteiger partial charge is 0.387 e. The van der Waals surface area contributed by atoms with Gasteiger partial charge in [0, 0.05) is 17.5 Å². The maximum Gasteiger partial charge on any atom is 0.387 e. The Balaban J connectivity index is 2.09. The van der Waals surface area contributed by atoms with Gasteiger partial charge in [-0.3, -0.25) is 0 Å². The Labute approximate surface area is 96.8 Å². The molecule has 0 unspecified atom stereocenters. The van der Waals surface area contributed by atoms with E-state index in [2.05, 4.69) is 4.74 Å². The van der Waals surface area contributed by atoms with Crippen molar-refractivity contribution in [3.05, 3.63) is 24.3 Å². The molecule has 90 valence electrons. The Bertz CT molecular complexity index is 561. The SMILES string of the molecule is Nc1cc2ccc(OC(F)F)cc2n1C1CC1. The van der Waals surface area contributed by atoms with Gasteiger partial charge in [-0.1, -0.05) is 0 Å². The first-order valence-corrected chi connectivity index (χ1v) is 5.50. The zero-order valence-corrected chi connectivity index (χ0v) is 9.07. The lowest BCUT2D eigenvalue weighted by atomic mass is 10.2. The molecule has 5 heteroatoms. The summed E-state index contributed by atoms with van der Waals surface area (Å²) in [5.74, 6) is 0.851. The predicted octanol–water partition coefficient (Wildman–Crippen LogP) is 3.16. The second-order valence-corrected chi connectivity index (χ2v) is 4.27. The van der Waals surface area contributed by atoms with Crippen LogP contribution >= 0.6 is 0 Å². The number of nitrogens with zero attached hydrogens (tertiary/aromatic N) is 1. The number of nitrogen functional groups attached to an aromatic ring is 1. The number of alkyl halides is 2. The average Bonchev–Trinajstić information content (AvgIpc) is 3.01. The van der Waals surface area contributed by atoms with Crippen LogP contribution in [0.25, 0.3) is 10.9 Å². The molecule has 1 aliphatic carbocycles. The van der Waals surface area contributed by atoms with Crippen LogP contribution in [0.2, 0.25) is 0 Å². The molecule has 2 N–H and O–H groups in total. The van der Waals surface area contributed by atoms with E-state index in [1.807, 2.05) is 10.6 Å². The minimum absolute atomic E-state index is 0.174. The van der Waals surface area contributed by atoms with Crippen LogP contribution in [0, 0.1) is 0 Å². The molecule has 1 heterocycles. The summed E-state index contributed by atoms with van der Waals surface area (Å²) < 4.78 is 30.7. The van der Waals surface area contributed by atoms with Gasteiger partial charge in [-0.2, -0.15) is 8.78 Å². The molecule has 3 nitrogen and oxygen atoms in total. The molecule has 1 aromatic heterocycles. The van der Waals surface area contributed by atoms with E-state index in [0.717, 1.165) is 23.7 Å². The van der Waals surface area contributed by atoms with Crippen molar-refractivity contribution in [2.24, 2.45) is 0 Å². The van der Waals surface area contributed by atoms with Crippen molar-refractivity contribution >= 4 is 16.7 Å². The summed E-state index contributed by atoms with van der Waals surface area (Å²) in [5, 5.41) is 0.955. The molecule has 0 atom stereocenters. The molecular formula is C12H12F2N2O. The quantitative estimate of drug-likeness (QED) is 0.892. The largest absolute Gasteiger partial charge is 0.435 e. The van der Waals surface area contributed by atoms with Gasteiger partial charge in [0.2, 0.25) is 0 Å². The zero-order chi connectivity index (χ0) is 12.0. The monoisotopic (exact) mass is 238 g/mol. The van der Waals surface area contributed by atoms with E-state index < -0.39 is 6.61 Å². The van der Waals surface area contributed by atoms with Crippen molar-refractivity contribution in [1.29, 1.82) is 0 Å². The molecule has 0 amide bonds. The van der Waals surface area contributed by atoms with Gasteiger partial charge >= 0.3 is 6.61 Å². The van der Waals surface area contributed by atoms with Crippen LogP contribution in [0.3, 0.4) is 0 Å². The lowest BCUT2D eigenvalue weighted by molar-refractivity contribution is -0.0497. The number of rotatable bonds is 3. The van der Waals surface area contributed by atoms with Crippen molar-refractivity contribution in [3.63, 3.8) is 0 Å². The zero-order valence-electron chi connectivity index (χ0n) is 9.07. The van der Waals surface area contributed by atoms with Gasteiger partial charge in [0.05, 0.1) is 5.52 Å². The van der Waals surface area contributed by atoms with Crippen LogP contribution in [-0.4, -0.2) is 11.2 Å². The number of ether oxygens (including phenoxy) is 1. The number of nitrogens with two attached hydrogens (primary N) is 1. The average molecular weight is 238 g/mol. The minimum atomic E-state index is -2.80. The Morgan fingerprint density at radius 3 is 2.71 bits per heavy atom. The van der Waals surface area contributed by atoms with E-state index in [4.69, 9.17) is 5.73 Å². The number of hydrogen-bond donors (Lipinski definition) is 1. The van der Waals surface area contributed by atoms with Crippen LogP contribution in [0.15, 0.2) is 24.3 Å². The predicted molar refractivity (Wildman–Crippen MR) is 61.3 cm³/mol. The third-order valence-electron chi connectivity index (χ3n) is 2.98. The third kappa shape index (κ3) is 1.81. The maximum atomic E-state index is 12.1. The van der Waals surface area contributed by atoms with Crippen LogP contribution in [0.5, 0.6) is 5.75 Å². The molecule has 0 saturated heterocycles. The summed E-state index contributed by atoms with van der Waals surface area (Å²) in [4.78, 5) is 0. The van der Waals surface area contributed by atoms with Gasteiger partial charge in [0.25, 0.3) is 0 Å². The first-order valence-electron chi connectivity index (χ1n) is 5.50. The first-order chi connectivity index (χ1) is 8.15. The number of halogens is 2. The fourth-order valence-corrected chi connectivity index (χ4v) is 2.14. The molecule has 3 rings (SSSR count). The van der Waals surface area contributed by atoms with Crippen LogP contribution < -0.4 is 10.5 Å². The molecule has 0 aliphatic heterocycles. The minimum Gasteiger partial charge on any atom is -0.435 e. The number of anilines is 1.